The van der Waals surface area contributed by atoms with Gasteiger partial charge in [0.05, 0.1) is 13.2 Å². The smallest absolute Gasteiger partial charge is 0.184 e. The van der Waals surface area contributed by atoms with Gasteiger partial charge in [-0.05, 0) is 25.0 Å². The Bertz CT molecular complexity index is 504. The molecule has 0 amide bonds. The van der Waals surface area contributed by atoms with E-state index < -0.39 is 0 Å². The molecule has 2 fully saturated rings. The summed E-state index contributed by atoms with van der Waals surface area (Å²) in [5.41, 5.74) is 1.56. The summed E-state index contributed by atoms with van der Waals surface area (Å²) in [6.45, 7) is 1.21. The first-order chi connectivity index (χ1) is 8.84. The van der Waals surface area contributed by atoms with Crippen molar-refractivity contribution in [2.24, 2.45) is 5.92 Å². The third-order valence-corrected chi connectivity index (χ3v) is 3.13. The summed E-state index contributed by atoms with van der Waals surface area (Å²) in [5.74, 6) is 6.21. The van der Waals surface area contributed by atoms with Gasteiger partial charge < -0.3 is 9.47 Å². The normalized spacial score (nSPS) is 23.6. The fraction of sp³-hybridized carbons (Fsp3) is 0.400. The van der Waals surface area contributed by atoms with E-state index in [0.717, 1.165) is 18.4 Å². The Morgan fingerprint density at radius 1 is 1.11 bits per heavy atom. The van der Waals surface area contributed by atoms with Crippen LogP contribution in [0.4, 0.5) is 0 Å². The average Bonchev–Trinajstić information content (AvgIpc) is 3.06. The quantitative estimate of drug-likeness (QED) is 0.707. The summed E-state index contributed by atoms with van der Waals surface area (Å²) in [7, 11) is 0. The summed E-state index contributed by atoms with van der Waals surface area (Å²) in [6.07, 6.45) is 8.85. The highest BCUT2D eigenvalue weighted by atomic mass is 16.7. The Balaban J connectivity index is 1.78. The molecule has 0 spiro atoms. The van der Waals surface area contributed by atoms with Crippen LogP contribution >= 0.6 is 0 Å². The lowest BCUT2D eigenvalue weighted by Gasteiger charge is -2.10. The molecule has 0 aromatic rings. The molecule has 1 saturated carbocycles. The van der Waals surface area contributed by atoms with Crippen molar-refractivity contribution in [1.29, 1.82) is 0 Å². The minimum Gasteiger partial charge on any atom is -0.346 e. The molecule has 1 heterocycles. The zero-order valence-corrected chi connectivity index (χ0v) is 10.0. The largest absolute Gasteiger partial charge is 0.346 e. The first-order valence-electron chi connectivity index (χ1n) is 6.21. The average molecular weight is 242 g/mol. The van der Waals surface area contributed by atoms with Crippen molar-refractivity contribution in [3.05, 3.63) is 35.5 Å². The van der Waals surface area contributed by atoms with E-state index in [2.05, 4.69) is 11.8 Å². The molecule has 18 heavy (non-hydrogen) atoms. The molecule has 92 valence electrons. The van der Waals surface area contributed by atoms with Crippen molar-refractivity contribution < 1.29 is 14.3 Å². The molecule has 0 radical (unpaired) electrons. The number of ketones is 1. The van der Waals surface area contributed by atoms with Crippen LogP contribution in [0.1, 0.15) is 12.8 Å². The third-order valence-electron chi connectivity index (χ3n) is 3.13. The molecule has 0 bridgehead atoms. The van der Waals surface area contributed by atoms with Crippen LogP contribution in [0, 0.1) is 17.8 Å². The summed E-state index contributed by atoms with van der Waals surface area (Å²) < 4.78 is 10.9. The maximum absolute atomic E-state index is 12.0. The first kappa shape index (κ1) is 11.5. The SMILES string of the molecule is O=C(C1=CC#CC=C(C2OCCO2)C=C1)C1CC1. The second kappa shape index (κ2) is 4.93. The van der Waals surface area contributed by atoms with Gasteiger partial charge in [0.25, 0.3) is 0 Å². The molecular weight excluding hydrogens is 228 g/mol. The number of hydrogen-bond acceptors (Lipinski definition) is 3. The van der Waals surface area contributed by atoms with Gasteiger partial charge in [-0.2, -0.15) is 0 Å². The molecule has 3 rings (SSSR count). The van der Waals surface area contributed by atoms with Crippen LogP contribution in [0.3, 0.4) is 0 Å². The molecule has 0 unspecified atom stereocenters. The monoisotopic (exact) mass is 242 g/mol. The number of carbonyl (C=O) groups is 1. The fourth-order valence-electron chi connectivity index (χ4n) is 1.96. The second-order valence-electron chi connectivity index (χ2n) is 4.58. The molecule has 2 aliphatic carbocycles. The maximum atomic E-state index is 12.0. The predicted molar refractivity (Wildman–Crippen MR) is 66.5 cm³/mol. The predicted octanol–water partition coefficient (Wildman–Crippen LogP) is 1.76. The highest BCUT2D eigenvalue weighted by molar-refractivity contribution is 6.01. The lowest BCUT2D eigenvalue weighted by molar-refractivity contribution is -0.116. The van der Waals surface area contributed by atoms with E-state index >= 15 is 0 Å². The first-order valence-corrected chi connectivity index (χ1v) is 6.21. The number of allylic oxidation sites excluding steroid dienone is 4. The van der Waals surface area contributed by atoms with Gasteiger partial charge in [-0.25, -0.2) is 0 Å². The van der Waals surface area contributed by atoms with Crippen LogP contribution in [-0.2, 0) is 14.3 Å². The zero-order chi connectivity index (χ0) is 12.4. The van der Waals surface area contributed by atoms with Crippen molar-refractivity contribution in [3.8, 4) is 11.8 Å². The number of ether oxygens (including phenoxy) is 2. The van der Waals surface area contributed by atoms with E-state index in [4.69, 9.17) is 9.47 Å². The molecule has 1 aliphatic heterocycles. The molecule has 0 atom stereocenters. The lowest BCUT2D eigenvalue weighted by Crippen LogP contribution is -2.10. The minimum absolute atomic E-state index is 0.204. The van der Waals surface area contributed by atoms with Crippen LogP contribution in [0.15, 0.2) is 35.5 Å². The second-order valence-corrected chi connectivity index (χ2v) is 4.58. The van der Waals surface area contributed by atoms with Crippen molar-refractivity contribution in [1.82, 2.24) is 0 Å². The zero-order valence-electron chi connectivity index (χ0n) is 10.0. The van der Waals surface area contributed by atoms with Gasteiger partial charge in [-0.3, -0.25) is 4.79 Å². The molecule has 3 heteroatoms. The lowest BCUT2D eigenvalue weighted by atomic mass is 10.0. The Labute approximate surface area is 106 Å². The van der Waals surface area contributed by atoms with Gasteiger partial charge in [0.1, 0.15) is 0 Å². The molecular formula is C15H14O3. The maximum Gasteiger partial charge on any atom is 0.184 e. The molecule has 1 saturated heterocycles. The number of rotatable bonds is 3. The number of carbonyl (C=O) groups excluding carboxylic acids is 1. The van der Waals surface area contributed by atoms with Gasteiger partial charge in [0, 0.05) is 17.1 Å². The van der Waals surface area contributed by atoms with Gasteiger partial charge in [0.2, 0.25) is 0 Å². The van der Waals surface area contributed by atoms with Gasteiger partial charge in [0.15, 0.2) is 12.1 Å². The summed E-state index contributed by atoms with van der Waals surface area (Å²) in [5, 5.41) is 0. The highest BCUT2D eigenvalue weighted by Gasteiger charge is 2.31. The molecule has 0 N–H and O–H groups in total. The Hall–Kier alpha value is -1.63. The van der Waals surface area contributed by atoms with E-state index in [1.165, 1.54) is 0 Å². The Morgan fingerprint density at radius 2 is 1.83 bits per heavy atom. The molecule has 3 nitrogen and oxygen atoms in total. The number of Topliss-reactive ketones (excluding diaryl/α,β-unsaturated/α-hetero) is 1. The Morgan fingerprint density at radius 3 is 2.56 bits per heavy atom. The standard InChI is InChI=1S/C15H14O3/c16-14(12-5-6-12)11-3-1-2-4-13(8-7-11)15-17-9-10-18-15/h3-4,7-8,12,15H,5-6,9-10H2. The molecule has 0 aromatic heterocycles. The van der Waals surface area contributed by atoms with E-state index in [0.29, 0.717) is 18.8 Å². The third kappa shape index (κ3) is 2.45. The van der Waals surface area contributed by atoms with Gasteiger partial charge in [-0.1, -0.05) is 24.0 Å². The van der Waals surface area contributed by atoms with Crippen molar-refractivity contribution >= 4 is 5.78 Å². The molecule has 0 aromatic carbocycles. The van der Waals surface area contributed by atoms with Crippen LogP contribution in [0.25, 0.3) is 0 Å². The van der Waals surface area contributed by atoms with Crippen molar-refractivity contribution in [2.75, 3.05) is 13.2 Å². The number of hydrogen-bond donors (Lipinski definition) is 0. The van der Waals surface area contributed by atoms with E-state index in [1.54, 1.807) is 12.2 Å². The van der Waals surface area contributed by atoms with Crippen LogP contribution in [-0.4, -0.2) is 25.3 Å². The van der Waals surface area contributed by atoms with E-state index in [-0.39, 0.29) is 18.0 Å². The van der Waals surface area contributed by atoms with Gasteiger partial charge in [-0.15, -0.1) is 0 Å². The van der Waals surface area contributed by atoms with Crippen LogP contribution in [0.2, 0.25) is 0 Å². The Kier molecular flexibility index (Phi) is 3.14. The fourth-order valence-corrected chi connectivity index (χ4v) is 1.96. The van der Waals surface area contributed by atoms with E-state index in [1.807, 2.05) is 12.2 Å². The minimum atomic E-state index is -0.342. The molecule has 3 aliphatic rings. The van der Waals surface area contributed by atoms with Crippen LogP contribution in [0.5, 0.6) is 0 Å². The van der Waals surface area contributed by atoms with Crippen molar-refractivity contribution in [3.63, 3.8) is 0 Å². The summed E-state index contributed by atoms with van der Waals surface area (Å²) >= 11 is 0. The summed E-state index contributed by atoms with van der Waals surface area (Å²) in [4.78, 5) is 12.0. The topological polar surface area (TPSA) is 35.5 Å². The summed E-state index contributed by atoms with van der Waals surface area (Å²) in [6, 6.07) is 0. The van der Waals surface area contributed by atoms with Crippen LogP contribution < -0.4 is 0 Å². The van der Waals surface area contributed by atoms with Gasteiger partial charge >= 0.3 is 0 Å². The highest BCUT2D eigenvalue weighted by Crippen LogP contribution is 2.32. The van der Waals surface area contributed by atoms with Crippen molar-refractivity contribution in [2.45, 2.75) is 19.1 Å². The van der Waals surface area contributed by atoms with E-state index in [9.17, 15) is 4.79 Å².